The number of nitrogens with one attached hydrogen (secondary N) is 2. The average Bonchev–Trinajstić information content (AvgIpc) is 3.02. The third kappa shape index (κ3) is 5.54. The molecule has 1 aliphatic rings. The minimum atomic E-state index is -0.164. The maximum atomic E-state index is 12.2. The molecule has 1 aromatic rings. The molecule has 1 aliphatic heterocycles. The maximum Gasteiger partial charge on any atom is 0.314 e. The number of carbonyl (C=O) groups excluding carboxylic acids is 2. The summed E-state index contributed by atoms with van der Waals surface area (Å²) in [7, 11) is 3.22. The largest absolute Gasteiger partial charge is 0.493 e. The number of likely N-dealkylation sites (tertiary alicyclic amines) is 1. The molecule has 0 aliphatic carbocycles. The first-order valence-corrected chi connectivity index (χ1v) is 9.07. The molecule has 0 radical (unpaired) electrons. The molecule has 1 aromatic carbocycles. The van der Waals surface area contributed by atoms with E-state index in [4.69, 9.17) is 9.47 Å². The molecule has 0 spiro atoms. The van der Waals surface area contributed by atoms with Gasteiger partial charge in [-0.1, -0.05) is 13.0 Å². The molecule has 1 saturated heterocycles. The predicted octanol–water partition coefficient (Wildman–Crippen LogP) is 1.80. The van der Waals surface area contributed by atoms with Gasteiger partial charge in [0.05, 0.1) is 14.2 Å². The summed E-state index contributed by atoms with van der Waals surface area (Å²) in [5.41, 5.74) is 1.09. The van der Waals surface area contributed by atoms with Crippen LogP contribution in [0.4, 0.5) is 4.79 Å². The van der Waals surface area contributed by atoms with Crippen molar-refractivity contribution in [3.63, 3.8) is 0 Å². The van der Waals surface area contributed by atoms with E-state index >= 15 is 0 Å². The number of amides is 3. The molecule has 0 aromatic heterocycles. The lowest BCUT2D eigenvalue weighted by molar-refractivity contribution is -0.127. The van der Waals surface area contributed by atoms with Gasteiger partial charge >= 0.3 is 6.03 Å². The highest BCUT2D eigenvalue weighted by Crippen LogP contribution is 2.28. The molecule has 1 heterocycles. The fraction of sp³-hybridized carbons (Fsp3) is 0.579. The van der Waals surface area contributed by atoms with Crippen LogP contribution in [0.3, 0.4) is 0 Å². The van der Waals surface area contributed by atoms with E-state index in [-0.39, 0.29) is 17.9 Å². The summed E-state index contributed by atoms with van der Waals surface area (Å²) >= 11 is 0. The summed E-state index contributed by atoms with van der Waals surface area (Å²) in [4.78, 5) is 25.7. The first-order chi connectivity index (χ1) is 12.6. The quantitative estimate of drug-likeness (QED) is 0.701. The Labute approximate surface area is 155 Å². The lowest BCUT2D eigenvalue weighted by atomic mass is 10.1. The number of hydrogen-bond acceptors (Lipinski definition) is 4. The lowest BCUT2D eigenvalue weighted by Gasteiger charge is -2.17. The summed E-state index contributed by atoms with van der Waals surface area (Å²) in [6.07, 6.45) is 2.14. The molecule has 2 N–H and O–H groups in total. The van der Waals surface area contributed by atoms with Crippen molar-refractivity contribution in [2.45, 2.75) is 26.2 Å². The summed E-state index contributed by atoms with van der Waals surface area (Å²) in [5, 5.41) is 5.62. The zero-order valence-electron chi connectivity index (χ0n) is 15.8. The van der Waals surface area contributed by atoms with Crippen molar-refractivity contribution < 1.29 is 19.1 Å². The van der Waals surface area contributed by atoms with Crippen molar-refractivity contribution in [3.8, 4) is 11.5 Å². The molecular formula is C19H29N3O4. The molecular weight excluding hydrogens is 334 g/mol. The van der Waals surface area contributed by atoms with Crippen LogP contribution in [0.1, 0.15) is 25.3 Å². The number of nitrogens with zero attached hydrogens (tertiary/aromatic N) is 1. The fourth-order valence-corrected chi connectivity index (χ4v) is 3.05. The minimum Gasteiger partial charge on any atom is -0.493 e. The standard InChI is InChI=1S/C19H29N3O4/c1-4-8-20-19(24)21-12-15-11-18(23)22(13-15)9-7-14-5-6-16(25-2)17(10-14)26-3/h5-6,10,15H,4,7-9,11-13H2,1-3H3,(H2,20,21,24). The normalized spacial score (nSPS) is 16.5. The molecule has 1 atom stereocenters. The number of carbonyl (C=O) groups is 2. The molecule has 0 saturated carbocycles. The second-order valence-corrected chi connectivity index (χ2v) is 6.49. The molecule has 26 heavy (non-hydrogen) atoms. The zero-order valence-corrected chi connectivity index (χ0v) is 15.8. The maximum absolute atomic E-state index is 12.2. The Morgan fingerprint density at radius 3 is 2.69 bits per heavy atom. The van der Waals surface area contributed by atoms with Crippen molar-refractivity contribution in [2.75, 3.05) is 40.4 Å². The highest BCUT2D eigenvalue weighted by atomic mass is 16.5. The predicted molar refractivity (Wildman–Crippen MR) is 99.6 cm³/mol. The van der Waals surface area contributed by atoms with Crippen molar-refractivity contribution >= 4 is 11.9 Å². The number of rotatable bonds is 9. The van der Waals surface area contributed by atoms with Crippen LogP contribution in [0, 0.1) is 5.92 Å². The number of ether oxygens (including phenoxy) is 2. The summed E-state index contributed by atoms with van der Waals surface area (Å²) in [5.74, 6) is 1.70. The highest BCUT2D eigenvalue weighted by molar-refractivity contribution is 5.79. The van der Waals surface area contributed by atoms with E-state index in [9.17, 15) is 9.59 Å². The first-order valence-electron chi connectivity index (χ1n) is 9.07. The molecule has 3 amide bonds. The fourth-order valence-electron chi connectivity index (χ4n) is 3.05. The van der Waals surface area contributed by atoms with Gasteiger partial charge in [-0.05, 0) is 30.5 Å². The number of methoxy groups -OCH3 is 2. The van der Waals surface area contributed by atoms with Gasteiger partial charge in [-0.25, -0.2) is 4.79 Å². The van der Waals surface area contributed by atoms with E-state index in [2.05, 4.69) is 10.6 Å². The Balaban J connectivity index is 1.80. The van der Waals surface area contributed by atoms with E-state index in [0.29, 0.717) is 44.1 Å². The Bertz CT molecular complexity index is 621. The van der Waals surface area contributed by atoms with Gasteiger partial charge < -0.3 is 25.0 Å². The third-order valence-corrected chi connectivity index (χ3v) is 4.50. The third-order valence-electron chi connectivity index (χ3n) is 4.50. The molecule has 0 bridgehead atoms. The number of hydrogen-bond donors (Lipinski definition) is 2. The van der Waals surface area contributed by atoms with Crippen molar-refractivity contribution in [2.24, 2.45) is 5.92 Å². The Morgan fingerprint density at radius 1 is 1.23 bits per heavy atom. The summed E-state index contributed by atoms with van der Waals surface area (Å²) < 4.78 is 10.6. The van der Waals surface area contributed by atoms with Gasteiger partial charge in [-0.2, -0.15) is 0 Å². The van der Waals surface area contributed by atoms with E-state index < -0.39 is 0 Å². The van der Waals surface area contributed by atoms with Crippen molar-refractivity contribution in [3.05, 3.63) is 23.8 Å². The number of benzene rings is 1. The molecule has 2 rings (SSSR count). The van der Waals surface area contributed by atoms with Crippen LogP contribution in [0.25, 0.3) is 0 Å². The van der Waals surface area contributed by atoms with E-state index in [0.717, 1.165) is 18.4 Å². The van der Waals surface area contributed by atoms with Crippen LogP contribution in [0.2, 0.25) is 0 Å². The van der Waals surface area contributed by atoms with Gasteiger partial charge in [0.15, 0.2) is 11.5 Å². The lowest BCUT2D eigenvalue weighted by Crippen LogP contribution is -2.39. The second kappa shape index (κ2) is 9.89. The topological polar surface area (TPSA) is 79.9 Å². The van der Waals surface area contributed by atoms with Crippen LogP contribution in [-0.2, 0) is 11.2 Å². The van der Waals surface area contributed by atoms with Crippen LogP contribution in [0.5, 0.6) is 11.5 Å². The average molecular weight is 363 g/mol. The Morgan fingerprint density at radius 2 is 2.00 bits per heavy atom. The van der Waals surface area contributed by atoms with Gasteiger partial charge in [0.25, 0.3) is 0 Å². The zero-order chi connectivity index (χ0) is 18.9. The SMILES string of the molecule is CCCNC(=O)NCC1CC(=O)N(CCc2ccc(OC)c(OC)c2)C1. The highest BCUT2D eigenvalue weighted by Gasteiger charge is 2.29. The van der Waals surface area contributed by atoms with E-state index in [1.54, 1.807) is 14.2 Å². The summed E-state index contributed by atoms with van der Waals surface area (Å²) in [6, 6.07) is 5.64. The smallest absolute Gasteiger partial charge is 0.314 e. The molecule has 1 unspecified atom stereocenters. The second-order valence-electron chi connectivity index (χ2n) is 6.49. The van der Waals surface area contributed by atoms with Crippen LogP contribution >= 0.6 is 0 Å². The van der Waals surface area contributed by atoms with Gasteiger partial charge in [0, 0.05) is 38.5 Å². The van der Waals surface area contributed by atoms with E-state index in [1.807, 2.05) is 30.0 Å². The van der Waals surface area contributed by atoms with Crippen molar-refractivity contribution in [1.29, 1.82) is 0 Å². The summed E-state index contributed by atoms with van der Waals surface area (Å²) in [6.45, 7) is 4.53. The Kier molecular flexibility index (Phi) is 7.56. The molecule has 144 valence electrons. The monoisotopic (exact) mass is 363 g/mol. The van der Waals surface area contributed by atoms with Crippen LogP contribution in [0.15, 0.2) is 18.2 Å². The number of urea groups is 1. The van der Waals surface area contributed by atoms with E-state index in [1.165, 1.54) is 0 Å². The van der Waals surface area contributed by atoms with Gasteiger partial charge in [-0.15, -0.1) is 0 Å². The van der Waals surface area contributed by atoms with Gasteiger partial charge in [0.2, 0.25) is 5.91 Å². The van der Waals surface area contributed by atoms with Gasteiger partial charge in [0.1, 0.15) is 0 Å². The Hall–Kier alpha value is -2.44. The van der Waals surface area contributed by atoms with Gasteiger partial charge in [-0.3, -0.25) is 4.79 Å². The first kappa shape index (κ1) is 19.9. The van der Waals surface area contributed by atoms with Crippen LogP contribution in [-0.4, -0.2) is 57.2 Å². The molecule has 7 nitrogen and oxygen atoms in total. The van der Waals surface area contributed by atoms with Crippen LogP contribution < -0.4 is 20.1 Å². The molecule has 7 heteroatoms. The minimum absolute atomic E-state index is 0.145. The molecule has 1 fully saturated rings. The van der Waals surface area contributed by atoms with Crippen molar-refractivity contribution in [1.82, 2.24) is 15.5 Å².